The van der Waals surface area contributed by atoms with Crippen LogP contribution >= 0.6 is 0 Å². The van der Waals surface area contributed by atoms with E-state index < -0.39 is 27.7 Å². The standard InChI is InChI=1S/C31H34F3N3O3S/c1-22(2)19-37(41(39,40)27-14-8-23(3)9-15-27)21-30(38)36(20-24-10-12-26(13-11-24)31(32,33)34)17-16-25-18-35-29-7-5-4-6-28(25)29/h4-15,18,22,35H,16-17,19-21H2,1-3H3. The van der Waals surface area contributed by atoms with Gasteiger partial charge in [-0.05, 0) is 60.7 Å². The fourth-order valence-electron chi connectivity index (χ4n) is 4.67. The summed E-state index contributed by atoms with van der Waals surface area (Å²) < 4.78 is 67.6. The summed E-state index contributed by atoms with van der Waals surface area (Å²) >= 11 is 0. The molecule has 0 saturated heterocycles. The lowest BCUT2D eigenvalue weighted by Gasteiger charge is -2.28. The molecule has 0 radical (unpaired) electrons. The van der Waals surface area contributed by atoms with Crippen LogP contribution in [0.1, 0.15) is 36.1 Å². The van der Waals surface area contributed by atoms with Gasteiger partial charge in [-0.1, -0.05) is 61.9 Å². The molecule has 41 heavy (non-hydrogen) atoms. The Morgan fingerprint density at radius 3 is 2.24 bits per heavy atom. The van der Waals surface area contributed by atoms with E-state index in [9.17, 15) is 26.4 Å². The molecule has 1 amide bonds. The summed E-state index contributed by atoms with van der Waals surface area (Å²) in [6.45, 7) is 5.65. The lowest BCUT2D eigenvalue weighted by Crippen LogP contribution is -2.44. The number of aromatic nitrogens is 1. The van der Waals surface area contributed by atoms with Crippen molar-refractivity contribution in [2.24, 2.45) is 5.92 Å². The Morgan fingerprint density at radius 1 is 0.951 bits per heavy atom. The maximum atomic E-state index is 13.8. The lowest BCUT2D eigenvalue weighted by atomic mass is 10.1. The summed E-state index contributed by atoms with van der Waals surface area (Å²) in [5, 5.41) is 1.01. The molecule has 218 valence electrons. The van der Waals surface area contributed by atoms with E-state index in [0.29, 0.717) is 12.0 Å². The molecule has 10 heteroatoms. The van der Waals surface area contributed by atoms with E-state index in [1.54, 1.807) is 12.1 Å². The number of halogens is 3. The molecule has 0 saturated carbocycles. The molecule has 0 unspecified atom stereocenters. The molecular formula is C31H34F3N3O3S. The van der Waals surface area contributed by atoms with Crippen LogP contribution in [-0.4, -0.2) is 48.1 Å². The fraction of sp³-hybridized carbons (Fsp3) is 0.323. The third-order valence-electron chi connectivity index (χ3n) is 6.87. The number of alkyl halides is 3. The molecule has 0 fully saturated rings. The minimum Gasteiger partial charge on any atom is -0.361 e. The second-order valence-corrected chi connectivity index (χ2v) is 12.6. The smallest absolute Gasteiger partial charge is 0.361 e. The molecule has 0 atom stereocenters. The fourth-order valence-corrected chi connectivity index (χ4v) is 6.22. The quantitative estimate of drug-likeness (QED) is 0.221. The first-order valence-corrected chi connectivity index (χ1v) is 14.8. The van der Waals surface area contributed by atoms with E-state index in [1.165, 1.54) is 33.5 Å². The Bertz CT molecular complexity index is 1580. The van der Waals surface area contributed by atoms with Crippen LogP contribution in [0.3, 0.4) is 0 Å². The number of amides is 1. The topological polar surface area (TPSA) is 73.5 Å². The monoisotopic (exact) mass is 585 g/mol. The molecule has 1 heterocycles. The average molecular weight is 586 g/mol. The number of para-hydroxylation sites is 1. The zero-order valence-corrected chi connectivity index (χ0v) is 24.1. The van der Waals surface area contributed by atoms with Gasteiger partial charge in [0, 0.05) is 36.7 Å². The highest BCUT2D eigenvalue weighted by atomic mass is 32.2. The second-order valence-electron chi connectivity index (χ2n) is 10.6. The number of nitrogens with zero attached hydrogens (tertiary/aromatic N) is 2. The Balaban J connectivity index is 1.60. The van der Waals surface area contributed by atoms with E-state index in [4.69, 9.17) is 0 Å². The molecular weight excluding hydrogens is 551 g/mol. The molecule has 1 aromatic heterocycles. The highest BCUT2D eigenvalue weighted by molar-refractivity contribution is 7.89. The molecule has 1 N–H and O–H groups in total. The van der Waals surface area contributed by atoms with Gasteiger partial charge in [-0.3, -0.25) is 4.79 Å². The lowest BCUT2D eigenvalue weighted by molar-refractivity contribution is -0.137. The Morgan fingerprint density at radius 2 is 1.61 bits per heavy atom. The van der Waals surface area contributed by atoms with Gasteiger partial charge in [0.2, 0.25) is 15.9 Å². The number of hydrogen-bond acceptors (Lipinski definition) is 3. The molecule has 0 aliphatic heterocycles. The molecule has 3 aromatic carbocycles. The number of rotatable bonds is 11. The van der Waals surface area contributed by atoms with Crippen LogP contribution in [0.25, 0.3) is 10.9 Å². The molecule has 0 aliphatic carbocycles. The first-order chi connectivity index (χ1) is 19.3. The highest BCUT2D eigenvalue weighted by Crippen LogP contribution is 2.29. The van der Waals surface area contributed by atoms with Crippen LogP contribution < -0.4 is 0 Å². The number of aromatic amines is 1. The minimum atomic E-state index is -4.47. The van der Waals surface area contributed by atoms with E-state index in [1.807, 2.05) is 51.2 Å². The van der Waals surface area contributed by atoms with Crippen LogP contribution in [-0.2, 0) is 34.0 Å². The van der Waals surface area contributed by atoms with Gasteiger partial charge in [-0.15, -0.1) is 0 Å². The van der Waals surface area contributed by atoms with Gasteiger partial charge in [0.05, 0.1) is 17.0 Å². The van der Waals surface area contributed by atoms with Gasteiger partial charge in [-0.25, -0.2) is 8.42 Å². The molecule has 0 bridgehead atoms. The van der Waals surface area contributed by atoms with Crippen LogP contribution in [0.2, 0.25) is 0 Å². The Labute approximate surface area is 238 Å². The maximum absolute atomic E-state index is 13.8. The first kappa shape index (κ1) is 30.3. The SMILES string of the molecule is Cc1ccc(S(=O)(=O)N(CC(=O)N(CCc2c[nH]c3ccccc23)Cc2ccc(C(F)(F)F)cc2)CC(C)C)cc1. The first-order valence-electron chi connectivity index (χ1n) is 13.4. The molecule has 4 rings (SSSR count). The molecule has 4 aromatic rings. The van der Waals surface area contributed by atoms with Gasteiger partial charge in [0.15, 0.2) is 0 Å². The van der Waals surface area contributed by atoms with Gasteiger partial charge in [-0.2, -0.15) is 17.5 Å². The zero-order valence-electron chi connectivity index (χ0n) is 23.3. The average Bonchev–Trinajstić information content (AvgIpc) is 3.33. The van der Waals surface area contributed by atoms with Crippen LogP contribution in [0.4, 0.5) is 13.2 Å². The van der Waals surface area contributed by atoms with Crippen molar-refractivity contribution in [3.05, 3.63) is 101 Å². The number of nitrogens with one attached hydrogen (secondary N) is 1. The molecule has 6 nitrogen and oxygen atoms in total. The Hall–Kier alpha value is -3.63. The normalized spacial score (nSPS) is 12.4. The van der Waals surface area contributed by atoms with Gasteiger partial charge >= 0.3 is 6.18 Å². The van der Waals surface area contributed by atoms with Crippen molar-refractivity contribution in [1.29, 1.82) is 0 Å². The van der Waals surface area contributed by atoms with Gasteiger partial charge in [0.25, 0.3) is 0 Å². The van der Waals surface area contributed by atoms with Crippen molar-refractivity contribution in [2.75, 3.05) is 19.6 Å². The molecule has 0 aliphatic rings. The third kappa shape index (κ3) is 7.56. The number of fused-ring (bicyclic) bond motifs is 1. The van der Waals surface area contributed by atoms with Crippen molar-refractivity contribution < 1.29 is 26.4 Å². The number of carbonyl (C=O) groups is 1. The van der Waals surface area contributed by atoms with Crippen LogP contribution in [0, 0.1) is 12.8 Å². The second kappa shape index (κ2) is 12.5. The maximum Gasteiger partial charge on any atom is 0.416 e. The summed E-state index contributed by atoms with van der Waals surface area (Å²) in [4.78, 5) is 18.6. The van der Waals surface area contributed by atoms with E-state index in [-0.39, 0.29) is 37.0 Å². The van der Waals surface area contributed by atoms with Gasteiger partial charge < -0.3 is 9.88 Å². The number of hydrogen-bond donors (Lipinski definition) is 1. The van der Waals surface area contributed by atoms with E-state index >= 15 is 0 Å². The summed E-state index contributed by atoms with van der Waals surface area (Å²) in [5.74, 6) is -0.473. The van der Waals surface area contributed by atoms with E-state index in [2.05, 4.69) is 4.98 Å². The summed E-state index contributed by atoms with van der Waals surface area (Å²) in [7, 11) is -3.97. The predicted octanol–water partition coefficient (Wildman–Crippen LogP) is 6.41. The van der Waals surface area contributed by atoms with Crippen LogP contribution in [0.15, 0.2) is 83.9 Å². The summed E-state index contributed by atoms with van der Waals surface area (Å²) in [5.41, 5.74) is 2.59. The Kier molecular flexibility index (Phi) is 9.24. The van der Waals surface area contributed by atoms with Crippen molar-refractivity contribution in [3.8, 4) is 0 Å². The van der Waals surface area contributed by atoms with E-state index in [0.717, 1.165) is 34.2 Å². The van der Waals surface area contributed by atoms with Crippen molar-refractivity contribution in [2.45, 2.75) is 44.8 Å². The number of aryl methyl sites for hydroxylation is 1. The number of H-pyrrole nitrogens is 1. The minimum absolute atomic E-state index is 0.0411. The zero-order chi connectivity index (χ0) is 29.8. The van der Waals surface area contributed by atoms with Crippen LogP contribution in [0.5, 0.6) is 0 Å². The van der Waals surface area contributed by atoms with Gasteiger partial charge in [0.1, 0.15) is 0 Å². The summed E-state index contributed by atoms with van der Waals surface area (Å²) in [6, 6.07) is 18.9. The van der Waals surface area contributed by atoms with Crippen molar-refractivity contribution in [1.82, 2.24) is 14.2 Å². The predicted molar refractivity (Wildman–Crippen MR) is 154 cm³/mol. The largest absolute Gasteiger partial charge is 0.416 e. The number of benzene rings is 3. The number of sulfonamides is 1. The third-order valence-corrected chi connectivity index (χ3v) is 8.70. The highest BCUT2D eigenvalue weighted by Gasteiger charge is 2.31. The number of carbonyl (C=O) groups excluding carboxylic acids is 1. The molecule has 0 spiro atoms. The van der Waals surface area contributed by atoms with Crippen molar-refractivity contribution in [3.63, 3.8) is 0 Å². The summed E-state index contributed by atoms with van der Waals surface area (Å²) in [6.07, 6.45) is -2.12. The van der Waals surface area contributed by atoms with Crippen molar-refractivity contribution >= 4 is 26.8 Å².